The van der Waals surface area contributed by atoms with E-state index in [2.05, 4.69) is 10.6 Å². The number of carbonyl (C=O) groups is 1. The summed E-state index contributed by atoms with van der Waals surface area (Å²) >= 11 is 0. The Labute approximate surface area is 179 Å². The van der Waals surface area contributed by atoms with E-state index in [0.29, 0.717) is 17.0 Å². The Morgan fingerprint density at radius 2 is 1.61 bits per heavy atom. The molecule has 0 radical (unpaired) electrons. The van der Waals surface area contributed by atoms with Gasteiger partial charge in [-0.05, 0) is 29.3 Å². The van der Waals surface area contributed by atoms with Gasteiger partial charge in [-0.2, -0.15) is 0 Å². The van der Waals surface area contributed by atoms with Crippen molar-refractivity contribution in [3.05, 3.63) is 106 Å². The largest absolute Gasteiger partial charge is 0.497 e. The molecule has 3 aromatic carbocycles. The van der Waals surface area contributed by atoms with Crippen LogP contribution in [0.25, 0.3) is 0 Å². The van der Waals surface area contributed by atoms with E-state index >= 15 is 0 Å². The van der Waals surface area contributed by atoms with Crippen LogP contribution in [0.1, 0.15) is 28.7 Å². The van der Waals surface area contributed by atoms with Crippen LogP contribution >= 0.6 is 0 Å². The topological polar surface area (TPSA) is 93.5 Å². The van der Waals surface area contributed by atoms with Crippen molar-refractivity contribution in [2.75, 3.05) is 12.4 Å². The smallest absolute Gasteiger partial charge is 0.250 e. The van der Waals surface area contributed by atoms with Crippen LogP contribution in [-0.4, -0.2) is 24.0 Å². The fourth-order valence-electron chi connectivity index (χ4n) is 5.04. The van der Waals surface area contributed by atoms with Gasteiger partial charge in [0.1, 0.15) is 17.3 Å². The Morgan fingerprint density at radius 1 is 0.935 bits per heavy atom. The van der Waals surface area contributed by atoms with Crippen molar-refractivity contribution < 1.29 is 14.5 Å². The number of rotatable bonds is 4. The highest BCUT2D eigenvalue weighted by Gasteiger charge is 2.66. The average Bonchev–Trinajstić information content (AvgIpc) is 3.31. The third-order valence-electron chi connectivity index (χ3n) is 6.37. The highest BCUT2D eigenvalue weighted by atomic mass is 16.6. The number of hydrogen-bond acceptors (Lipinski definition) is 5. The lowest BCUT2D eigenvalue weighted by Crippen LogP contribution is -2.48. The summed E-state index contributed by atoms with van der Waals surface area (Å²) in [5.41, 5.74) is 1.63. The number of methoxy groups -OCH3 is 1. The summed E-state index contributed by atoms with van der Waals surface area (Å²) in [6, 6.07) is 22.1. The highest BCUT2D eigenvalue weighted by molar-refractivity contribution is 6.07. The molecule has 31 heavy (non-hydrogen) atoms. The third-order valence-corrected chi connectivity index (χ3v) is 6.37. The van der Waals surface area contributed by atoms with Gasteiger partial charge in [0.05, 0.1) is 13.0 Å². The lowest BCUT2D eigenvalue weighted by Gasteiger charge is -2.29. The first-order valence-electron chi connectivity index (χ1n) is 10.1. The molecular formula is C24H21N3O4. The van der Waals surface area contributed by atoms with E-state index in [4.69, 9.17) is 4.74 Å². The van der Waals surface area contributed by atoms with Crippen LogP contribution in [0.3, 0.4) is 0 Å². The van der Waals surface area contributed by atoms with Crippen LogP contribution in [-0.2, 0) is 10.3 Å². The maximum absolute atomic E-state index is 13.5. The van der Waals surface area contributed by atoms with Crippen molar-refractivity contribution in [1.82, 2.24) is 5.32 Å². The predicted octanol–water partition coefficient (Wildman–Crippen LogP) is 3.62. The summed E-state index contributed by atoms with van der Waals surface area (Å²) in [6.45, 7) is 0. The molecule has 0 saturated carbocycles. The van der Waals surface area contributed by atoms with Gasteiger partial charge in [-0.1, -0.05) is 60.7 Å². The van der Waals surface area contributed by atoms with Crippen LogP contribution in [0.2, 0.25) is 0 Å². The van der Waals surface area contributed by atoms with Crippen LogP contribution in [0.4, 0.5) is 5.69 Å². The van der Waals surface area contributed by atoms with Gasteiger partial charge in [-0.3, -0.25) is 20.2 Å². The zero-order valence-corrected chi connectivity index (χ0v) is 16.8. The molecule has 1 fully saturated rings. The standard InChI is InChI=1S/C24H21N3O4/c1-31-17-13-11-15(12-14-17)20-22(27(29)30)21(16-7-3-2-4-8-16)26-24(20)18-9-5-6-10-19(18)25-23(24)28/h2-14,20-22,26H,1H3,(H,25,28)/t20-,21-,22-,24+/m0/s1. The summed E-state index contributed by atoms with van der Waals surface area (Å²) in [4.78, 5) is 25.7. The zero-order valence-electron chi connectivity index (χ0n) is 16.8. The van der Waals surface area contributed by atoms with E-state index in [1.165, 1.54) is 0 Å². The number of anilines is 1. The van der Waals surface area contributed by atoms with Crippen LogP contribution < -0.4 is 15.4 Å². The number of carbonyl (C=O) groups excluding carboxylic acids is 1. The third kappa shape index (κ3) is 2.81. The normalized spacial score (nSPS) is 26.5. The van der Waals surface area contributed by atoms with Crippen molar-refractivity contribution in [3.8, 4) is 5.75 Å². The van der Waals surface area contributed by atoms with Gasteiger partial charge in [0.2, 0.25) is 11.9 Å². The molecule has 7 nitrogen and oxygen atoms in total. The molecule has 1 saturated heterocycles. The quantitative estimate of drug-likeness (QED) is 0.502. The number of para-hydroxylation sites is 1. The molecule has 3 aromatic rings. The molecule has 0 bridgehead atoms. The van der Waals surface area contributed by atoms with Crippen molar-refractivity contribution in [2.45, 2.75) is 23.5 Å². The Hall–Kier alpha value is -3.71. The lowest BCUT2D eigenvalue weighted by molar-refractivity contribution is -0.527. The van der Waals surface area contributed by atoms with Crippen molar-refractivity contribution in [1.29, 1.82) is 0 Å². The molecular weight excluding hydrogens is 394 g/mol. The van der Waals surface area contributed by atoms with Gasteiger partial charge < -0.3 is 10.1 Å². The minimum atomic E-state index is -1.26. The number of nitrogens with zero attached hydrogens (tertiary/aromatic N) is 1. The Balaban J connectivity index is 1.75. The first kappa shape index (κ1) is 19.3. The fourth-order valence-corrected chi connectivity index (χ4v) is 5.04. The fraction of sp³-hybridized carbons (Fsp3) is 0.208. The Morgan fingerprint density at radius 3 is 2.29 bits per heavy atom. The highest BCUT2D eigenvalue weighted by Crippen LogP contribution is 2.55. The van der Waals surface area contributed by atoms with E-state index < -0.39 is 23.5 Å². The first-order valence-corrected chi connectivity index (χ1v) is 10.1. The van der Waals surface area contributed by atoms with Gasteiger partial charge in [-0.25, -0.2) is 0 Å². The summed E-state index contributed by atoms with van der Waals surface area (Å²) in [7, 11) is 1.57. The number of nitro groups is 1. The predicted molar refractivity (Wildman–Crippen MR) is 116 cm³/mol. The number of benzene rings is 3. The maximum Gasteiger partial charge on any atom is 0.250 e. The van der Waals surface area contributed by atoms with Gasteiger partial charge in [0.25, 0.3) is 0 Å². The van der Waals surface area contributed by atoms with Gasteiger partial charge in [0.15, 0.2) is 0 Å². The van der Waals surface area contributed by atoms with Crippen LogP contribution in [0.5, 0.6) is 5.75 Å². The van der Waals surface area contributed by atoms with Crippen LogP contribution in [0.15, 0.2) is 78.9 Å². The molecule has 0 aliphatic carbocycles. The molecule has 7 heteroatoms. The summed E-state index contributed by atoms with van der Waals surface area (Å²) < 4.78 is 5.26. The molecule has 2 heterocycles. The number of hydrogen-bond donors (Lipinski definition) is 2. The van der Waals surface area contributed by atoms with Gasteiger partial charge in [-0.15, -0.1) is 0 Å². The molecule has 0 unspecified atom stereocenters. The summed E-state index contributed by atoms with van der Waals surface area (Å²) in [6.07, 6.45) is 0. The lowest BCUT2D eigenvalue weighted by atomic mass is 9.74. The minimum Gasteiger partial charge on any atom is -0.497 e. The zero-order chi connectivity index (χ0) is 21.6. The van der Waals surface area contributed by atoms with E-state index in [1.54, 1.807) is 19.2 Å². The summed E-state index contributed by atoms with van der Waals surface area (Å²) in [5, 5.41) is 18.8. The second kappa shape index (κ2) is 7.21. The minimum absolute atomic E-state index is 0.261. The van der Waals surface area contributed by atoms with E-state index in [1.807, 2.05) is 66.7 Å². The second-order valence-corrected chi connectivity index (χ2v) is 7.87. The molecule has 2 aliphatic heterocycles. The van der Waals surface area contributed by atoms with E-state index in [-0.39, 0.29) is 10.8 Å². The van der Waals surface area contributed by atoms with Crippen LogP contribution in [0, 0.1) is 10.1 Å². The molecule has 156 valence electrons. The molecule has 1 spiro atoms. The Bertz CT molecular complexity index is 1150. The molecule has 1 amide bonds. The molecule has 2 N–H and O–H groups in total. The molecule has 0 aromatic heterocycles. The maximum atomic E-state index is 13.5. The molecule has 5 rings (SSSR count). The van der Waals surface area contributed by atoms with Crippen molar-refractivity contribution in [3.63, 3.8) is 0 Å². The van der Waals surface area contributed by atoms with Gasteiger partial charge >= 0.3 is 0 Å². The van der Waals surface area contributed by atoms with Crippen molar-refractivity contribution in [2.24, 2.45) is 0 Å². The van der Waals surface area contributed by atoms with E-state index in [0.717, 1.165) is 11.1 Å². The molecule has 4 atom stereocenters. The monoisotopic (exact) mass is 415 g/mol. The summed E-state index contributed by atoms with van der Waals surface area (Å²) in [5.74, 6) is -0.348. The Kier molecular flexibility index (Phi) is 4.48. The van der Waals surface area contributed by atoms with Gasteiger partial charge in [0, 0.05) is 16.2 Å². The number of fused-ring (bicyclic) bond motifs is 2. The SMILES string of the molecule is COc1ccc([C@H]2[C@H]([N+](=O)[O-])[C@H](c3ccccc3)N[C@@]23C(=O)Nc2ccccc23)cc1. The second-order valence-electron chi connectivity index (χ2n) is 7.87. The van der Waals surface area contributed by atoms with Crippen molar-refractivity contribution >= 4 is 11.6 Å². The number of ether oxygens (including phenoxy) is 1. The molecule has 2 aliphatic rings. The number of nitrogens with one attached hydrogen (secondary N) is 2. The average molecular weight is 415 g/mol. The first-order chi connectivity index (χ1) is 15.1. The van der Waals surface area contributed by atoms with E-state index in [9.17, 15) is 14.9 Å². The number of amides is 1.